The van der Waals surface area contributed by atoms with Gasteiger partial charge in [0, 0.05) is 20.1 Å². The molecule has 1 spiro atoms. The van der Waals surface area contributed by atoms with Crippen LogP contribution in [0.4, 0.5) is 0 Å². The number of amides is 2. The molecule has 2 aliphatic heterocycles. The lowest BCUT2D eigenvalue weighted by molar-refractivity contribution is -0.166. The van der Waals surface area contributed by atoms with Gasteiger partial charge in [0.1, 0.15) is 5.76 Å². The summed E-state index contributed by atoms with van der Waals surface area (Å²) in [6.45, 7) is 3.55. The van der Waals surface area contributed by atoms with E-state index >= 15 is 0 Å². The summed E-state index contributed by atoms with van der Waals surface area (Å²) in [6, 6.07) is 0. The highest BCUT2D eigenvalue weighted by atomic mass is 16.5. The number of oxazole rings is 1. The molecule has 22 heavy (non-hydrogen) atoms. The fraction of sp³-hybridized carbons (Fsp3) is 0.667. The maximum Gasteiger partial charge on any atom is 0.276 e. The zero-order valence-electron chi connectivity index (χ0n) is 13.0. The monoisotopic (exact) mass is 307 g/mol. The van der Waals surface area contributed by atoms with Gasteiger partial charge in [0.2, 0.25) is 0 Å². The summed E-state index contributed by atoms with van der Waals surface area (Å²) in [5.41, 5.74) is -0.594. The molecule has 2 fully saturated rings. The van der Waals surface area contributed by atoms with Crippen molar-refractivity contribution in [3.05, 3.63) is 17.8 Å². The number of nitrogens with zero attached hydrogens (tertiary/aromatic N) is 3. The van der Waals surface area contributed by atoms with E-state index in [0.717, 1.165) is 19.4 Å². The highest BCUT2D eigenvalue weighted by Gasteiger charge is 2.47. The Balaban J connectivity index is 1.83. The van der Waals surface area contributed by atoms with Gasteiger partial charge in [-0.1, -0.05) is 0 Å². The molecular formula is C15H21N3O4. The van der Waals surface area contributed by atoms with Crippen molar-refractivity contribution in [2.45, 2.75) is 31.8 Å². The summed E-state index contributed by atoms with van der Waals surface area (Å²) in [7, 11) is 1.79. The molecule has 2 amide bonds. The van der Waals surface area contributed by atoms with Crippen molar-refractivity contribution in [2.24, 2.45) is 0 Å². The van der Waals surface area contributed by atoms with Gasteiger partial charge in [-0.05, 0) is 26.2 Å². The van der Waals surface area contributed by atoms with Crippen LogP contribution in [-0.2, 0) is 9.53 Å². The number of rotatable bonds is 1. The molecule has 0 bridgehead atoms. The molecule has 1 aromatic rings. The molecule has 7 nitrogen and oxygen atoms in total. The number of hydrogen-bond acceptors (Lipinski definition) is 5. The molecule has 2 saturated heterocycles. The first kappa shape index (κ1) is 15.0. The molecule has 3 heterocycles. The van der Waals surface area contributed by atoms with Crippen molar-refractivity contribution >= 4 is 11.8 Å². The Kier molecular flexibility index (Phi) is 3.90. The van der Waals surface area contributed by atoms with E-state index in [-0.39, 0.29) is 18.4 Å². The number of ether oxygens (including phenoxy) is 1. The molecule has 1 aromatic heterocycles. The standard InChI is InChI=1S/C15H21N3O4/c1-11-12(16-10-21-11)13(19)18-7-8-22-15(9-18)5-3-4-6-17(2)14(15)20/h10H,3-9H2,1-2H3. The Morgan fingerprint density at radius 1 is 1.36 bits per heavy atom. The van der Waals surface area contributed by atoms with Crippen molar-refractivity contribution in [1.82, 2.24) is 14.8 Å². The second kappa shape index (κ2) is 5.72. The lowest BCUT2D eigenvalue weighted by Crippen LogP contribution is -2.60. The maximum absolute atomic E-state index is 12.7. The maximum atomic E-state index is 12.7. The van der Waals surface area contributed by atoms with Gasteiger partial charge in [-0.2, -0.15) is 0 Å². The Morgan fingerprint density at radius 2 is 2.18 bits per heavy atom. The van der Waals surface area contributed by atoms with Crippen LogP contribution in [0.2, 0.25) is 0 Å². The Morgan fingerprint density at radius 3 is 2.91 bits per heavy atom. The molecule has 0 radical (unpaired) electrons. The predicted molar refractivity (Wildman–Crippen MR) is 77.3 cm³/mol. The molecule has 7 heteroatoms. The van der Waals surface area contributed by atoms with Crippen LogP contribution in [0.25, 0.3) is 0 Å². The number of likely N-dealkylation sites (tertiary alicyclic amines) is 1. The van der Waals surface area contributed by atoms with Gasteiger partial charge in [-0.15, -0.1) is 0 Å². The molecule has 2 aliphatic rings. The molecule has 1 atom stereocenters. The average molecular weight is 307 g/mol. The van der Waals surface area contributed by atoms with Crippen molar-refractivity contribution in [1.29, 1.82) is 0 Å². The zero-order chi connectivity index (χ0) is 15.7. The lowest BCUT2D eigenvalue weighted by atomic mass is 9.94. The third kappa shape index (κ3) is 2.49. The SMILES string of the molecule is Cc1ocnc1C(=O)N1CCOC2(CCCCN(C)C2=O)C1. The second-order valence-electron chi connectivity index (χ2n) is 6.01. The van der Waals surface area contributed by atoms with E-state index in [1.807, 2.05) is 0 Å². The van der Waals surface area contributed by atoms with Crippen molar-refractivity contribution in [3.63, 3.8) is 0 Å². The van der Waals surface area contributed by atoms with Crippen molar-refractivity contribution in [3.8, 4) is 0 Å². The number of aromatic nitrogens is 1. The number of carbonyl (C=O) groups excluding carboxylic acids is 2. The van der Waals surface area contributed by atoms with Crippen LogP contribution < -0.4 is 0 Å². The van der Waals surface area contributed by atoms with Crippen LogP contribution >= 0.6 is 0 Å². The first-order chi connectivity index (χ1) is 10.5. The minimum atomic E-state index is -0.906. The fourth-order valence-corrected chi connectivity index (χ4v) is 3.21. The Bertz CT molecular complexity index is 585. The topological polar surface area (TPSA) is 75.9 Å². The second-order valence-corrected chi connectivity index (χ2v) is 6.01. The highest BCUT2D eigenvalue weighted by molar-refractivity contribution is 5.94. The van der Waals surface area contributed by atoms with E-state index in [2.05, 4.69) is 4.98 Å². The average Bonchev–Trinajstić information content (AvgIpc) is 2.91. The largest absolute Gasteiger partial charge is 0.448 e. The van der Waals surface area contributed by atoms with Crippen LogP contribution in [0.15, 0.2) is 10.8 Å². The van der Waals surface area contributed by atoms with Gasteiger partial charge in [0.15, 0.2) is 17.7 Å². The van der Waals surface area contributed by atoms with Gasteiger partial charge in [0.25, 0.3) is 11.8 Å². The van der Waals surface area contributed by atoms with Gasteiger partial charge < -0.3 is 19.0 Å². The summed E-state index contributed by atoms with van der Waals surface area (Å²) < 4.78 is 11.0. The predicted octanol–water partition coefficient (Wildman–Crippen LogP) is 0.837. The van der Waals surface area contributed by atoms with Crippen LogP contribution in [0, 0.1) is 6.92 Å². The Hall–Kier alpha value is -1.89. The molecular weight excluding hydrogens is 286 g/mol. The van der Waals surface area contributed by atoms with E-state index in [1.165, 1.54) is 6.39 Å². The van der Waals surface area contributed by atoms with Crippen LogP contribution in [-0.4, -0.2) is 65.5 Å². The van der Waals surface area contributed by atoms with Crippen molar-refractivity contribution < 1.29 is 18.7 Å². The van der Waals surface area contributed by atoms with E-state index in [0.29, 0.717) is 31.0 Å². The van der Waals surface area contributed by atoms with Gasteiger partial charge in [-0.3, -0.25) is 9.59 Å². The minimum Gasteiger partial charge on any atom is -0.448 e. The first-order valence-electron chi connectivity index (χ1n) is 7.62. The zero-order valence-corrected chi connectivity index (χ0v) is 13.0. The number of likely N-dealkylation sites (N-methyl/N-ethyl adjacent to an activating group) is 1. The molecule has 0 aromatic carbocycles. The summed E-state index contributed by atoms with van der Waals surface area (Å²) in [4.78, 5) is 32.6. The number of aryl methyl sites for hydroxylation is 1. The Labute approximate surface area is 129 Å². The normalized spacial score (nSPS) is 26.4. The molecule has 3 rings (SSSR count). The first-order valence-corrected chi connectivity index (χ1v) is 7.62. The smallest absolute Gasteiger partial charge is 0.276 e. The van der Waals surface area contributed by atoms with E-state index in [4.69, 9.17) is 9.15 Å². The summed E-state index contributed by atoms with van der Waals surface area (Å²) in [5.74, 6) is 0.267. The number of carbonyl (C=O) groups is 2. The van der Waals surface area contributed by atoms with E-state index in [9.17, 15) is 9.59 Å². The number of hydrogen-bond donors (Lipinski definition) is 0. The van der Waals surface area contributed by atoms with Gasteiger partial charge in [-0.25, -0.2) is 4.98 Å². The van der Waals surface area contributed by atoms with E-state index in [1.54, 1.807) is 23.8 Å². The summed E-state index contributed by atoms with van der Waals surface area (Å²) in [6.07, 6.45) is 3.80. The minimum absolute atomic E-state index is 0.0284. The van der Waals surface area contributed by atoms with Crippen LogP contribution in [0.5, 0.6) is 0 Å². The van der Waals surface area contributed by atoms with Crippen molar-refractivity contribution in [2.75, 3.05) is 33.3 Å². The van der Waals surface area contributed by atoms with Crippen LogP contribution in [0.1, 0.15) is 35.5 Å². The van der Waals surface area contributed by atoms with Gasteiger partial charge in [0.05, 0.1) is 13.2 Å². The van der Waals surface area contributed by atoms with E-state index < -0.39 is 5.60 Å². The summed E-state index contributed by atoms with van der Waals surface area (Å²) in [5, 5.41) is 0. The number of morpholine rings is 1. The van der Waals surface area contributed by atoms with Crippen LogP contribution in [0.3, 0.4) is 0 Å². The highest BCUT2D eigenvalue weighted by Crippen LogP contribution is 2.30. The third-order valence-electron chi connectivity index (χ3n) is 4.48. The molecule has 120 valence electrons. The lowest BCUT2D eigenvalue weighted by Gasteiger charge is -2.42. The quantitative estimate of drug-likeness (QED) is 0.768. The molecule has 1 unspecified atom stereocenters. The molecule has 0 N–H and O–H groups in total. The molecule has 0 saturated carbocycles. The van der Waals surface area contributed by atoms with Gasteiger partial charge >= 0.3 is 0 Å². The third-order valence-corrected chi connectivity index (χ3v) is 4.48. The fourth-order valence-electron chi connectivity index (χ4n) is 3.21. The summed E-state index contributed by atoms with van der Waals surface area (Å²) >= 11 is 0. The molecule has 0 aliphatic carbocycles.